The van der Waals surface area contributed by atoms with Gasteiger partial charge in [-0.3, -0.25) is 0 Å². The molecule has 4 nitrogen and oxygen atoms in total. The number of nitrogens with zero attached hydrogens (tertiary/aromatic N) is 2. The minimum absolute atomic E-state index is 0.307. The van der Waals surface area contributed by atoms with Crippen LogP contribution in [0, 0.1) is 0 Å². The van der Waals surface area contributed by atoms with Crippen molar-refractivity contribution in [2.45, 2.75) is 31.7 Å². The van der Waals surface area contributed by atoms with E-state index in [0.717, 1.165) is 31.7 Å². The van der Waals surface area contributed by atoms with E-state index in [-0.39, 0.29) is 0 Å². The molecule has 1 aromatic heterocycles. The van der Waals surface area contributed by atoms with E-state index in [0.29, 0.717) is 12.0 Å². The van der Waals surface area contributed by atoms with Gasteiger partial charge in [0.15, 0.2) is 0 Å². The van der Waals surface area contributed by atoms with Crippen LogP contribution in [-0.4, -0.2) is 23.3 Å². The maximum Gasteiger partial charge on any atom is 0.122 e. The first-order valence-corrected chi connectivity index (χ1v) is 7.60. The zero-order valence-electron chi connectivity index (χ0n) is 12.3. The van der Waals surface area contributed by atoms with Crippen LogP contribution in [0.5, 0.6) is 5.75 Å². The van der Waals surface area contributed by atoms with Gasteiger partial charge in [0.05, 0.1) is 12.8 Å². The van der Waals surface area contributed by atoms with Gasteiger partial charge in [-0.05, 0) is 48.6 Å². The lowest BCUT2D eigenvalue weighted by Crippen LogP contribution is -2.25. The Morgan fingerprint density at radius 1 is 1.29 bits per heavy atom. The van der Waals surface area contributed by atoms with Gasteiger partial charge in [-0.25, -0.2) is 0 Å². The van der Waals surface area contributed by atoms with Crippen molar-refractivity contribution in [2.75, 3.05) is 13.2 Å². The molecule has 0 spiro atoms. The fourth-order valence-electron chi connectivity index (χ4n) is 3.04. The van der Waals surface area contributed by atoms with Gasteiger partial charge in [0.2, 0.25) is 0 Å². The van der Waals surface area contributed by atoms with Crippen molar-refractivity contribution in [1.82, 2.24) is 15.5 Å². The molecular weight excluding hydrogens is 262 g/mol. The molecule has 2 aromatic rings. The lowest BCUT2D eigenvalue weighted by molar-refractivity contribution is 0.255. The Morgan fingerprint density at radius 2 is 2.19 bits per heavy atom. The predicted octanol–water partition coefficient (Wildman–Crippen LogP) is 3.08. The van der Waals surface area contributed by atoms with Gasteiger partial charge < -0.3 is 10.1 Å². The third-order valence-electron chi connectivity index (χ3n) is 4.06. The molecule has 2 heterocycles. The highest BCUT2D eigenvalue weighted by Gasteiger charge is 2.24. The molecule has 0 aliphatic carbocycles. The summed E-state index contributed by atoms with van der Waals surface area (Å²) in [6.07, 6.45) is 5.74. The summed E-state index contributed by atoms with van der Waals surface area (Å²) >= 11 is 0. The first-order valence-electron chi connectivity index (χ1n) is 7.60. The quantitative estimate of drug-likeness (QED) is 0.916. The van der Waals surface area contributed by atoms with Gasteiger partial charge >= 0.3 is 0 Å². The van der Waals surface area contributed by atoms with Crippen LogP contribution in [0.2, 0.25) is 0 Å². The van der Waals surface area contributed by atoms with E-state index in [1.165, 1.54) is 11.1 Å². The molecule has 3 rings (SSSR count). The van der Waals surface area contributed by atoms with Crippen molar-refractivity contribution >= 4 is 0 Å². The summed E-state index contributed by atoms with van der Waals surface area (Å²) in [5.74, 6) is 1.56. The summed E-state index contributed by atoms with van der Waals surface area (Å²) in [6.45, 7) is 3.88. The lowest BCUT2D eigenvalue weighted by atomic mass is 9.86. The molecule has 1 aromatic carbocycles. The van der Waals surface area contributed by atoms with Gasteiger partial charge in [0.1, 0.15) is 5.75 Å². The number of benzene rings is 1. The Kier molecular flexibility index (Phi) is 4.46. The largest absolute Gasteiger partial charge is 0.493 e. The van der Waals surface area contributed by atoms with Crippen molar-refractivity contribution in [3.05, 3.63) is 53.9 Å². The fraction of sp³-hybridized carbons (Fsp3) is 0.412. The Balaban J connectivity index is 1.81. The van der Waals surface area contributed by atoms with Crippen molar-refractivity contribution < 1.29 is 4.74 Å². The number of fused-ring (bicyclic) bond motifs is 1. The van der Waals surface area contributed by atoms with Crippen LogP contribution in [0.4, 0.5) is 0 Å². The van der Waals surface area contributed by atoms with E-state index in [4.69, 9.17) is 4.74 Å². The number of ether oxygens (including phenoxy) is 1. The van der Waals surface area contributed by atoms with Crippen molar-refractivity contribution in [3.63, 3.8) is 0 Å². The second-order valence-corrected chi connectivity index (χ2v) is 5.39. The molecule has 2 atom stereocenters. The summed E-state index contributed by atoms with van der Waals surface area (Å²) in [4.78, 5) is 0. The van der Waals surface area contributed by atoms with E-state index in [2.05, 4.69) is 40.6 Å². The smallest absolute Gasteiger partial charge is 0.122 e. The molecule has 21 heavy (non-hydrogen) atoms. The Labute approximate surface area is 125 Å². The minimum atomic E-state index is 0.307. The lowest BCUT2D eigenvalue weighted by Gasteiger charge is -2.29. The SMILES string of the molecule is CCNC(CC1CCOc2ccccc21)c1ccnnc1. The Bertz CT molecular complexity index is 573. The van der Waals surface area contributed by atoms with Gasteiger partial charge in [0, 0.05) is 12.2 Å². The standard InChI is InChI=1S/C17H21N3O/c1-2-18-16(14-7-9-19-20-12-14)11-13-8-10-21-17-6-4-3-5-15(13)17/h3-7,9,12-13,16,18H,2,8,10-11H2,1H3. The van der Waals surface area contributed by atoms with Gasteiger partial charge in [-0.2, -0.15) is 10.2 Å². The van der Waals surface area contributed by atoms with E-state index in [9.17, 15) is 0 Å². The molecule has 4 heteroatoms. The van der Waals surface area contributed by atoms with Crippen LogP contribution in [0.1, 0.15) is 42.9 Å². The molecule has 0 bridgehead atoms. The summed E-state index contributed by atoms with van der Waals surface area (Å²) in [5, 5.41) is 11.5. The summed E-state index contributed by atoms with van der Waals surface area (Å²) < 4.78 is 5.76. The maximum absolute atomic E-state index is 5.76. The van der Waals surface area contributed by atoms with E-state index in [1.54, 1.807) is 6.20 Å². The topological polar surface area (TPSA) is 47.0 Å². The van der Waals surface area contributed by atoms with Crippen LogP contribution < -0.4 is 10.1 Å². The summed E-state index contributed by atoms with van der Waals surface area (Å²) in [7, 11) is 0. The third kappa shape index (κ3) is 3.22. The van der Waals surface area contributed by atoms with E-state index in [1.807, 2.05) is 18.3 Å². The first kappa shape index (κ1) is 14.0. The molecule has 1 N–H and O–H groups in total. The zero-order chi connectivity index (χ0) is 14.5. The van der Waals surface area contributed by atoms with Crippen LogP contribution in [0.3, 0.4) is 0 Å². The average molecular weight is 283 g/mol. The van der Waals surface area contributed by atoms with Crippen LogP contribution in [-0.2, 0) is 0 Å². The monoisotopic (exact) mass is 283 g/mol. The molecule has 110 valence electrons. The van der Waals surface area contributed by atoms with Gasteiger partial charge in [0.25, 0.3) is 0 Å². The first-order chi connectivity index (χ1) is 10.4. The molecule has 1 aliphatic rings. The van der Waals surface area contributed by atoms with Gasteiger partial charge in [-0.15, -0.1) is 0 Å². The second-order valence-electron chi connectivity index (χ2n) is 5.39. The highest BCUT2D eigenvalue weighted by molar-refractivity contribution is 5.38. The number of hydrogen-bond acceptors (Lipinski definition) is 4. The van der Waals surface area contributed by atoms with Crippen molar-refractivity contribution in [3.8, 4) is 5.75 Å². The van der Waals surface area contributed by atoms with E-state index < -0.39 is 0 Å². The van der Waals surface area contributed by atoms with E-state index >= 15 is 0 Å². The second kappa shape index (κ2) is 6.68. The zero-order valence-corrected chi connectivity index (χ0v) is 12.3. The van der Waals surface area contributed by atoms with Crippen LogP contribution >= 0.6 is 0 Å². The number of nitrogens with one attached hydrogen (secondary N) is 1. The fourth-order valence-corrected chi connectivity index (χ4v) is 3.04. The number of rotatable bonds is 5. The average Bonchev–Trinajstić information content (AvgIpc) is 2.55. The number of aromatic nitrogens is 2. The number of hydrogen-bond donors (Lipinski definition) is 1. The highest BCUT2D eigenvalue weighted by Crippen LogP contribution is 2.38. The molecule has 1 aliphatic heterocycles. The molecule has 0 fully saturated rings. The van der Waals surface area contributed by atoms with Gasteiger partial charge in [-0.1, -0.05) is 25.1 Å². The van der Waals surface area contributed by atoms with Crippen molar-refractivity contribution in [2.24, 2.45) is 0 Å². The molecule has 0 saturated heterocycles. The molecular formula is C17H21N3O. The minimum Gasteiger partial charge on any atom is -0.493 e. The van der Waals surface area contributed by atoms with Crippen LogP contribution in [0.25, 0.3) is 0 Å². The van der Waals surface area contributed by atoms with Crippen molar-refractivity contribution in [1.29, 1.82) is 0 Å². The third-order valence-corrected chi connectivity index (χ3v) is 4.06. The Hall–Kier alpha value is -1.94. The molecule has 0 saturated carbocycles. The molecule has 2 unspecified atom stereocenters. The highest BCUT2D eigenvalue weighted by atomic mass is 16.5. The summed E-state index contributed by atoms with van der Waals surface area (Å²) in [6, 6.07) is 10.7. The normalized spacial score (nSPS) is 18.6. The predicted molar refractivity (Wildman–Crippen MR) is 82.4 cm³/mol. The molecule has 0 radical (unpaired) electrons. The number of para-hydroxylation sites is 1. The summed E-state index contributed by atoms with van der Waals surface area (Å²) in [5.41, 5.74) is 2.53. The maximum atomic E-state index is 5.76. The van der Waals surface area contributed by atoms with Crippen LogP contribution in [0.15, 0.2) is 42.7 Å². The molecule has 0 amide bonds. The Morgan fingerprint density at radius 3 is 3.00 bits per heavy atom.